The van der Waals surface area contributed by atoms with Gasteiger partial charge in [0.1, 0.15) is 0 Å². The van der Waals surface area contributed by atoms with Crippen LogP contribution in [0.3, 0.4) is 0 Å². The average Bonchev–Trinajstić information content (AvgIpc) is 2.38. The highest BCUT2D eigenvalue weighted by Crippen LogP contribution is 2.20. The van der Waals surface area contributed by atoms with Crippen molar-refractivity contribution >= 4 is 17.5 Å². The molecule has 6 nitrogen and oxygen atoms in total. The summed E-state index contributed by atoms with van der Waals surface area (Å²) in [6.45, 7) is 1.85. The van der Waals surface area contributed by atoms with Gasteiger partial charge in [-0.05, 0) is 38.5 Å². The number of rotatable bonds is 3. The van der Waals surface area contributed by atoms with Crippen molar-refractivity contribution in [3.63, 3.8) is 0 Å². The van der Waals surface area contributed by atoms with E-state index in [1.807, 2.05) is 0 Å². The van der Waals surface area contributed by atoms with E-state index < -0.39 is 0 Å². The maximum Gasteiger partial charge on any atom is 0.322 e. The van der Waals surface area contributed by atoms with Crippen LogP contribution in [0.15, 0.2) is 0 Å². The molecule has 100 valence electrons. The lowest BCUT2D eigenvalue weighted by molar-refractivity contribution is 0.248. The standard InChI is InChI=1S/C11H18ClN5O/c1-16(2)8-4-6-17(7-5-8)10-13-9(12)14-11(15-10)18-3/h8H,4-7H2,1-3H3. The normalized spacial score (nSPS) is 17.3. The highest BCUT2D eigenvalue weighted by atomic mass is 35.5. The van der Waals surface area contributed by atoms with Crippen molar-refractivity contribution in [2.45, 2.75) is 18.9 Å². The molecule has 0 saturated carbocycles. The zero-order chi connectivity index (χ0) is 13.1. The molecule has 1 aromatic heterocycles. The third-order valence-corrected chi connectivity index (χ3v) is 3.41. The molecule has 0 radical (unpaired) electrons. The van der Waals surface area contributed by atoms with Gasteiger partial charge >= 0.3 is 6.01 Å². The van der Waals surface area contributed by atoms with Gasteiger partial charge in [-0.25, -0.2) is 0 Å². The second-order valence-electron chi connectivity index (χ2n) is 4.57. The second-order valence-corrected chi connectivity index (χ2v) is 4.91. The van der Waals surface area contributed by atoms with Crippen molar-refractivity contribution in [2.75, 3.05) is 39.2 Å². The number of hydrogen-bond donors (Lipinski definition) is 0. The molecule has 2 rings (SSSR count). The van der Waals surface area contributed by atoms with E-state index in [-0.39, 0.29) is 11.3 Å². The van der Waals surface area contributed by atoms with Gasteiger partial charge in [0.25, 0.3) is 0 Å². The van der Waals surface area contributed by atoms with Crippen molar-refractivity contribution in [1.82, 2.24) is 19.9 Å². The average molecular weight is 272 g/mol. The maximum atomic E-state index is 5.85. The lowest BCUT2D eigenvalue weighted by Gasteiger charge is -2.35. The SMILES string of the molecule is COc1nc(Cl)nc(N2CCC(N(C)C)CC2)n1. The van der Waals surface area contributed by atoms with Crippen LogP contribution in [0.5, 0.6) is 6.01 Å². The molecule has 1 aromatic rings. The van der Waals surface area contributed by atoms with Gasteiger partial charge in [-0.3, -0.25) is 0 Å². The van der Waals surface area contributed by atoms with Gasteiger partial charge in [-0.15, -0.1) is 0 Å². The molecular formula is C11H18ClN5O. The first-order chi connectivity index (χ1) is 8.60. The second kappa shape index (κ2) is 5.67. The summed E-state index contributed by atoms with van der Waals surface area (Å²) in [5.74, 6) is 0.601. The number of nitrogens with zero attached hydrogens (tertiary/aromatic N) is 5. The van der Waals surface area contributed by atoms with E-state index in [4.69, 9.17) is 16.3 Å². The van der Waals surface area contributed by atoms with Crippen molar-refractivity contribution in [3.05, 3.63) is 5.28 Å². The fourth-order valence-corrected chi connectivity index (χ4v) is 2.28. The number of piperidine rings is 1. The Balaban J connectivity index is 2.07. The molecule has 1 saturated heterocycles. The van der Waals surface area contributed by atoms with E-state index in [1.54, 1.807) is 0 Å². The summed E-state index contributed by atoms with van der Waals surface area (Å²) in [6.07, 6.45) is 2.19. The molecule has 1 aliphatic heterocycles. The van der Waals surface area contributed by atoms with Crippen LogP contribution in [0.25, 0.3) is 0 Å². The Bertz CT molecular complexity index is 406. The van der Waals surface area contributed by atoms with Crippen LogP contribution in [0.1, 0.15) is 12.8 Å². The summed E-state index contributed by atoms with van der Waals surface area (Å²) < 4.78 is 5.00. The summed E-state index contributed by atoms with van der Waals surface area (Å²) in [7, 11) is 5.75. The first-order valence-corrected chi connectivity index (χ1v) is 6.35. The fourth-order valence-electron chi connectivity index (χ4n) is 2.14. The Hall–Kier alpha value is -1.14. The van der Waals surface area contributed by atoms with Crippen LogP contribution in [0.4, 0.5) is 5.95 Å². The summed E-state index contributed by atoms with van der Waals surface area (Å²) in [6, 6.07) is 0.889. The van der Waals surface area contributed by atoms with Gasteiger partial charge in [-0.1, -0.05) is 0 Å². The summed E-state index contributed by atoms with van der Waals surface area (Å²) in [4.78, 5) is 16.6. The molecule has 2 heterocycles. The minimum Gasteiger partial charge on any atom is -0.467 e. The number of methoxy groups -OCH3 is 1. The Morgan fingerprint density at radius 2 is 1.89 bits per heavy atom. The monoisotopic (exact) mass is 271 g/mol. The van der Waals surface area contributed by atoms with Gasteiger partial charge in [0, 0.05) is 19.1 Å². The maximum absolute atomic E-state index is 5.85. The molecule has 7 heteroatoms. The van der Waals surface area contributed by atoms with Crippen molar-refractivity contribution in [2.24, 2.45) is 0 Å². The summed E-state index contributed by atoms with van der Waals surface area (Å²) >= 11 is 5.85. The van der Waals surface area contributed by atoms with Crippen LogP contribution in [-0.2, 0) is 0 Å². The minimum atomic E-state index is 0.173. The highest BCUT2D eigenvalue weighted by molar-refractivity contribution is 6.28. The number of halogens is 1. The Morgan fingerprint density at radius 3 is 2.44 bits per heavy atom. The number of ether oxygens (including phenoxy) is 1. The Labute approximate surface area is 112 Å². The van der Waals surface area contributed by atoms with Gasteiger partial charge < -0.3 is 14.5 Å². The molecule has 0 amide bonds. The van der Waals surface area contributed by atoms with Crippen molar-refractivity contribution < 1.29 is 4.74 Å². The molecule has 1 fully saturated rings. The van der Waals surface area contributed by atoms with E-state index in [1.165, 1.54) is 7.11 Å². The Morgan fingerprint density at radius 1 is 1.22 bits per heavy atom. The predicted molar refractivity (Wildman–Crippen MR) is 70.3 cm³/mol. The van der Waals surface area contributed by atoms with Crippen LogP contribution in [-0.4, -0.2) is 60.2 Å². The van der Waals surface area contributed by atoms with Gasteiger partial charge in [0.05, 0.1) is 7.11 Å². The molecule has 18 heavy (non-hydrogen) atoms. The first-order valence-electron chi connectivity index (χ1n) is 5.97. The van der Waals surface area contributed by atoms with Gasteiger partial charge in [0.15, 0.2) is 0 Å². The quantitative estimate of drug-likeness (QED) is 0.820. The molecule has 0 bridgehead atoms. The molecule has 0 aromatic carbocycles. The largest absolute Gasteiger partial charge is 0.467 e. The van der Waals surface area contributed by atoms with E-state index >= 15 is 0 Å². The van der Waals surface area contributed by atoms with Crippen LogP contribution in [0.2, 0.25) is 5.28 Å². The van der Waals surface area contributed by atoms with Crippen molar-refractivity contribution in [3.8, 4) is 6.01 Å². The van der Waals surface area contributed by atoms with E-state index in [9.17, 15) is 0 Å². The molecular weight excluding hydrogens is 254 g/mol. The van der Waals surface area contributed by atoms with Crippen LogP contribution in [0, 0.1) is 0 Å². The zero-order valence-electron chi connectivity index (χ0n) is 10.9. The number of aromatic nitrogens is 3. The van der Waals surface area contributed by atoms with Crippen molar-refractivity contribution in [1.29, 1.82) is 0 Å². The molecule has 0 atom stereocenters. The molecule has 1 aliphatic rings. The first kappa shape index (κ1) is 13.3. The molecule has 0 unspecified atom stereocenters. The topological polar surface area (TPSA) is 54.4 Å². The summed E-state index contributed by atoms with van der Waals surface area (Å²) in [5, 5.41) is 0.173. The molecule has 0 spiro atoms. The zero-order valence-corrected chi connectivity index (χ0v) is 11.7. The van der Waals surface area contributed by atoms with E-state index in [0.717, 1.165) is 25.9 Å². The molecule has 0 aliphatic carbocycles. The van der Waals surface area contributed by atoms with Crippen LogP contribution < -0.4 is 9.64 Å². The smallest absolute Gasteiger partial charge is 0.322 e. The lowest BCUT2D eigenvalue weighted by atomic mass is 10.0. The lowest BCUT2D eigenvalue weighted by Crippen LogP contribution is -2.42. The fraction of sp³-hybridized carbons (Fsp3) is 0.727. The van der Waals surface area contributed by atoms with E-state index in [2.05, 4.69) is 38.8 Å². The number of hydrogen-bond acceptors (Lipinski definition) is 6. The molecule has 0 N–H and O–H groups in total. The summed E-state index contributed by atoms with van der Waals surface area (Å²) in [5.41, 5.74) is 0. The Kier molecular flexibility index (Phi) is 4.19. The highest BCUT2D eigenvalue weighted by Gasteiger charge is 2.23. The third kappa shape index (κ3) is 3.00. The number of anilines is 1. The van der Waals surface area contributed by atoms with Crippen LogP contribution >= 0.6 is 11.6 Å². The minimum absolute atomic E-state index is 0.173. The van der Waals surface area contributed by atoms with Gasteiger partial charge in [0.2, 0.25) is 11.2 Å². The van der Waals surface area contributed by atoms with E-state index in [0.29, 0.717) is 12.0 Å². The third-order valence-electron chi connectivity index (χ3n) is 3.24. The predicted octanol–water partition coefficient (Wildman–Crippen LogP) is 1.06. The van der Waals surface area contributed by atoms with Gasteiger partial charge in [-0.2, -0.15) is 15.0 Å².